The molecule has 0 spiro atoms. The Morgan fingerprint density at radius 1 is 1.18 bits per heavy atom. The van der Waals surface area contributed by atoms with Crippen LogP contribution in [0.1, 0.15) is 30.4 Å². The van der Waals surface area contributed by atoms with Gasteiger partial charge in [0.2, 0.25) is 0 Å². The van der Waals surface area contributed by atoms with Crippen LogP contribution < -0.4 is 5.32 Å². The first kappa shape index (κ1) is 14.1. The fraction of sp³-hybridized carbons (Fsp3) is 0.188. The molecule has 3 rings (SSSR count). The molecule has 2 aromatic heterocycles. The molecular formula is C16H17N5O. The fourth-order valence-corrected chi connectivity index (χ4v) is 2.09. The van der Waals surface area contributed by atoms with Gasteiger partial charge in [0.15, 0.2) is 5.69 Å². The van der Waals surface area contributed by atoms with Gasteiger partial charge in [0.05, 0.1) is 5.69 Å². The van der Waals surface area contributed by atoms with Crippen molar-refractivity contribution in [3.05, 3.63) is 60.7 Å². The summed E-state index contributed by atoms with van der Waals surface area (Å²) >= 11 is 0. The van der Waals surface area contributed by atoms with E-state index in [4.69, 9.17) is 0 Å². The van der Waals surface area contributed by atoms with Gasteiger partial charge in [-0.25, -0.2) is 4.68 Å². The molecule has 1 aromatic carbocycles. The Morgan fingerprint density at radius 2 is 2.05 bits per heavy atom. The number of benzene rings is 1. The second-order valence-corrected chi connectivity index (χ2v) is 5.23. The largest absolute Gasteiger partial charge is 0.321 e. The first-order valence-corrected chi connectivity index (χ1v) is 7.10. The summed E-state index contributed by atoms with van der Waals surface area (Å²) in [6.07, 6.45) is 5.37. The van der Waals surface area contributed by atoms with Crippen molar-refractivity contribution in [1.82, 2.24) is 19.6 Å². The van der Waals surface area contributed by atoms with Crippen LogP contribution in [0.25, 0.3) is 5.69 Å². The van der Waals surface area contributed by atoms with Crippen LogP contribution in [0.3, 0.4) is 0 Å². The predicted octanol–water partition coefficient (Wildman–Crippen LogP) is 2.90. The number of aromatic nitrogens is 4. The molecule has 22 heavy (non-hydrogen) atoms. The molecule has 0 saturated heterocycles. The minimum Gasteiger partial charge on any atom is -0.321 e. The van der Waals surface area contributed by atoms with E-state index in [1.54, 1.807) is 27.8 Å². The predicted molar refractivity (Wildman–Crippen MR) is 84.1 cm³/mol. The lowest BCUT2D eigenvalue weighted by atomic mass is 10.2. The first-order valence-electron chi connectivity index (χ1n) is 7.10. The van der Waals surface area contributed by atoms with Gasteiger partial charge in [0.1, 0.15) is 0 Å². The summed E-state index contributed by atoms with van der Waals surface area (Å²) in [4.78, 5) is 12.2. The van der Waals surface area contributed by atoms with Crippen molar-refractivity contribution in [2.24, 2.45) is 0 Å². The van der Waals surface area contributed by atoms with Gasteiger partial charge in [-0.05, 0) is 44.2 Å². The van der Waals surface area contributed by atoms with Gasteiger partial charge in [0, 0.05) is 30.3 Å². The molecule has 0 unspecified atom stereocenters. The maximum Gasteiger partial charge on any atom is 0.276 e. The molecule has 6 nitrogen and oxygen atoms in total. The molecule has 0 fully saturated rings. The summed E-state index contributed by atoms with van der Waals surface area (Å²) in [5.74, 6) is -0.225. The summed E-state index contributed by atoms with van der Waals surface area (Å²) in [6.45, 7) is 4.03. The van der Waals surface area contributed by atoms with E-state index in [0.717, 1.165) is 5.69 Å². The molecule has 0 aliphatic carbocycles. The van der Waals surface area contributed by atoms with Crippen molar-refractivity contribution in [2.75, 3.05) is 5.32 Å². The van der Waals surface area contributed by atoms with Crippen LogP contribution in [-0.2, 0) is 0 Å². The normalized spacial score (nSPS) is 10.9. The van der Waals surface area contributed by atoms with Crippen molar-refractivity contribution in [3.8, 4) is 5.69 Å². The number of rotatable bonds is 4. The lowest BCUT2D eigenvalue weighted by Crippen LogP contribution is -2.14. The van der Waals surface area contributed by atoms with Gasteiger partial charge < -0.3 is 5.32 Å². The maximum atomic E-state index is 12.2. The number of amides is 1. The Bertz CT molecular complexity index is 773. The van der Waals surface area contributed by atoms with E-state index in [9.17, 15) is 4.79 Å². The Morgan fingerprint density at radius 3 is 2.73 bits per heavy atom. The molecule has 1 amide bonds. The molecule has 3 aromatic rings. The summed E-state index contributed by atoms with van der Waals surface area (Å²) in [5.41, 5.74) is 1.99. The zero-order valence-electron chi connectivity index (χ0n) is 12.5. The summed E-state index contributed by atoms with van der Waals surface area (Å²) in [6, 6.07) is 11.3. The molecule has 1 N–H and O–H groups in total. The monoisotopic (exact) mass is 295 g/mol. The van der Waals surface area contributed by atoms with Gasteiger partial charge in [-0.15, -0.1) is 0 Å². The van der Waals surface area contributed by atoms with Crippen LogP contribution >= 0.6 is 0 Å². The third-order valence-electron chi connectivity index (χ3n) is 3.24. The van der Waals surface area contributed by atoms with Gasteiger partial charge >= 0.3 is 0 Å². The third kappa shape index (κ3) is 2.90. The quantitative estimate of drug-likeness (QED) is 0.805. The Balaban J connectivity index is 1.77. The molecule has 0 atom stereocenters. The van der Waals surface area contributed by atoms with E-state index in [0.29, 0.717) is 11.4 Å². The molecule has 0 saturated carbocycles. The van der Waals surface area contributed by atoms with Crippen LogP contribution in [-0.4, -0.2) is 25.5 Å². The highest BCUT2D eigenvalue weighted by Gasteiger charge is 2.11. The topological polar surface area (TPSA) is 64.7 Å². The smallest absolute Gasteiger partial charge is 0.276 e. The van der Waals surface area contributed by atoms with Gasteiger partial charge in [-0.2, -0.15) is 10.2 Å². The number of anilines is 1. The minimum atomic E-state index is -0.225. The van der Waals surface area contributed by atoms with Gasteiger partial charge in [0.25, 0.3) is 5.91 Å². The van der Waals surface area contributed by atoms with Crippen LogP contribution in [0, 0.1) is 0 Å². The molecule has 0 aliphatic rings. The molecule has 0 bridgehead atoms. The highest BCUT2D eigenvalue weighted by molar-refractivity contribution is 6.02. The number of hydrogen-bond donors (Lipinski definition) is 1. The van der Waals surface area contributed by atoms with Gasteiger partial charge in [-0.1, -0.05) is 6.07 Å². The molecular weight excluding hydrogens is 278 g/mol. The van der Waals surface area contributed by atoms with Crippen LogP contribution in [0.15, 0.2) is 55.0 Å². The highest BCUT2D eigenvalue weighted by atomic mass is 16.1. The third-order valence-corrected chi connectivity index (χ3v) is 3.24. The molecule has 112 valence electrons. The lowest BCUT2D eigenvalue weighted by Gasteiger charge is -2.07. The molecule has 6 heteroatoms. The molecule has 0 radical (unpaired) electrons. The van der Waals surface area contributed by atoms with E-state index < -0.39 is 0 Å². The van der Waals surface area contributed by atoms with Crippen molar-refractivity contribution in [3.63, 3.8) is 0 Å². The van der Waals surface area contributed by atoms with E-state index in [-0.39, 0.29) is 11.9 Å². The molecule has 2 heterocycles. The van der Waals surface area contributed by atoms with E-state index in [1.807, 2.05) is 50.4 Å². The molecule has 0 aliphatic heterocycles. The number of carbonyl (C=O) groups is 1. The van der Waals surface area contributed by atoms with Crippen LogP contribution in [0.5, 0.6) is 0 Å². The Kier molecular flexibility index (Phi) is 3.74. The summed E-state index contributed by atoms with van der Waals surface area (Å²) in [7, 11) is 0. The van der Waals surface area contributed by atoms with E-state index in [2.05, 4.69) is 15.5 Å². The number of nitrogens with zero attached hydrogens (tertiary/aromatic N) is 4. The van der Waals surface area contributed by atoms with Crippen molar-refractivity contribution < 1.29 is 4.79 Å². The second kappa shape index (κ2) is 5.85. The standard InChI is InChI=1S/C16H17N5O/c1-12(2)20-10-7-15(19-20)16(22)18-13-5-3-6-14(11-13)21-9-4-8-17-21/h3-12H,1-2H3,(H,18,22). The number of hydrogen-bond acceptors (Lipinski definition) is 3. The number of nitrogens with one attached hydrogen (secondary N) is 1. The highest BCUT2D eigenvalue weighted by Crippen LogP contribution is 2.15. The Labute approximate surface area is 128 Å². The van der Waals surface area contributed by atoms with Crippen molar-refractivity contribution in [1.29, 1.82) is 0 Å². The van der Waals surface area contributed by atoms with E-state index in [1.165, 1.54) is 0 Å². The number of carbonyl (C=O) groups excluding carboxylic acids is 1. The van der Waals surface area contributed by atoms with Gasteiger partial charge in [-0.3, -0.25) is 9.48 Å². The first-order chi connectivity index (χ1) is 10.6. The average molecular weight is 295 g/mol. The van der Waals surface area contributed by atoms with Crippen LogP contribution in [0.2, 0.25) is 0 Å². The Hall–Kier alpha value is -2.89. The summed E-state index contributed by atoms with van der Waals surface area (Å²) < 4.78 is 3.50. The average Bonchev–Trinajstić information content (AvgIpc) is 3.19. The van der Waals surface area contributed by atoms with Crippen molar-refractivity contribution in [2.45, 2.75) is 19.9 Å². The zero-order valence-corrected chi connectivity index (χ0v) is 12.5. The SMILES string of the molecule is CC(C)n1ccc(C(=O)Nc2cccc(-n3cccn3)c2)n1. The summed E-state index contributed by atoms with van der Waals surface area (Å²) in [5, 5.41) is 11.3. The van der Waals surface area contributed by atoms with Crippen molar-refractivity contribution >= 4 is 11.6 Å². The van der Waals surface area contributed by atoms with E-state index >= 15 is 0 Å². The second-order valence-electron chi connectivity index (χ2n) is 5.23. The van der Waals surface area contributed by atoms with Crippen LogP contribution in [0.4, 0.5) is 5.69 Å². The lowest BCUT2D eigenvalue weighted by molar-refractivity contribution is 0.102. The zero-order chi connectivity index (χ0) is 15.5. The maximum absolute atomic E-state index is 12.2. The fourth-order valence-electron chi connectivity index (χ4n) is 2.09. The minimum absolute atomic E-state index is 0.225.